The molecule has 2 aromatic rings. The molecule has 0 aliphatic carbocycles. The third-order valence-electron chi connectivity index (χ3n) is 3.55. The quantitative estimate of drug-likeness (QED) is 0.920. The molecule has 1 aliphatic rings. The van der Waals surface area contributed by atoms with Crippen LogP contribution in [0.25, 0.3) is 0 Å². The van der Waals surface area contributed by atoms with Crippen LogP contribution in [0.2, 0.25) is 0 Å². The van der Waals surface area contributed by atoms with Gasteiger partial charge in [0.25, 0.3) is 0 Å². The average molecular weight is 304 g/mol. The molecule has 1 aliphatic heterocycles. The van der Waals surface area contributed by atoms with E-state index in [1.54, 1.807) is 11.3 Å². The van der Waals surface area contributed by atoms with Crippen LogP contribution in [-0.2, 0) is 13.0 Å². The van der Waals surface area contributed by atoms with Crippen LogP contribution in [-0.4, -0.2) is 18.2 Å². The van der Waals surface area contributed by atoms with E-state index in [1.807, 2.05) is 12.3 Å². The number of aromatic nitrogens is 1. The second-order valence-corrected chi connectivity index (χ2v) is 6.28. The molecule has 0 saturated carbocycles. The van der Waals surface area contributed by atoms with Crippen molar-refractivity contribution in [1.29, 1.82) is 0 Å². The summed E-state index contributed by atoms with van der Waals surface area (Å²) in [5.41, 5.74) is 1.21. The fourth-order valence-corrected chi connectivity index (χ4v) is 3.11. The molecule has 0 bridgehead atoms. The summed E-state index contributed by atoms with van der Waals surface area (Å²) in [7, 11) is 0. The molecular weight excluding hydrogens is 284 g/mol. The first-order valence-corrected chi connectivity index (χ1v) is 8.14. The minimum Gasteiger partial charge on any atom is -0.486 e. The summed E-state index contributed by atoms with van der Waals surface area (Å²) in [5, 5.41) is 4.73. The zero-order chi connectivity index (χ0) is 14.7. The van der Waals surface area contributed by atoms with Crippen molar-refractivity contribution >= 4 is 11.3 Å². The van der Waals surface area contributed by atoms with Crippen LogP contribution in [0.3, 0.4) is 0 Å². The molecular formula is C16H20N2O2S. The van der Waals surface area contributed by atoms with E-state index in [2.05, 4.69) is 36.3 Å². The van der Waals surface area contributed by atoms with Gasteiger partial charge in [-0.1, -0.05) is 13.0 Å². The Morgan fingerprint density at radius 2 is 2.10 bits per heavy atom. The van der Waals surface area contributed by atoms with Crippen molar-refractivity contribution in [2.45, 2.75) is 32.9 Å². The molecule has 2 heterocycles. The minimum absolute atomic E-state index is 0.257. The van der Waals surface area contributed by atoms with Crippen molar-refractivity contribution < 1.29 is 9.47 Å². The Balaban J connectivity index is 1.63. The third-order valence-corrected chi connectivity index (χ3v) is 4.69. The van der Waals surface area contributed by atoms with Crippen LogP contribution in [0, 0.1) is 0 Å². The van der Waals surface area contributed by atoms with Crippen LogP contribution in [0.5, 0.6) is 11.5 Å². The Morgan fingerprint density at radius 3 is 2.86 bits per heavy atom. The molecule has 1 atom stereocenters. The molecule has 3 rings (SSSR count). The van der Waals surface area contributed by atoms with Gasteiger partial charge in [0.15, 0.2) is 11.5 Å². The number of rotatable bonds is 5. The van der Waals surface area contributed by atoms with Gasteiger partial charge in [0.2, 0.25) is 0 Å². The number of thiazole rings is 1. The van der Waals surface area contributed by atoms with E-state index in [-0.39, 0.29) is 6.04 Å². The monoisotopic (exact) mass is 304 g/mol. The Morgan fingerprint density at radius 1 is 1.29 bits per heavy atom. The summed E-state index contributed by atoms with van der Waals surface area (Å²) in [5.74, 6) is 1.69. The lowest BCUT2D eigenvalue weighted by Crippen LogP contribution is -2.19. The zero-order valence-electron chi connectivity index (χ0n) is 12.4. The van der Waals surface area contributed by atoms with Gasteiger partial charge in [0.1, 0.15) is 13.2 Å². The molecule has 1 aromatic heterocycles. The number of nitrogens with zero attached hydrogens (tertiary/aromatic N) is 1. The number of benzene rings is 1. The second-order valence-electron chi connectivity index (χ2n) is 5.08. The molecule has 0 fully saturated rings. The summed E-state index contributed by atoms with van der Waals surface area (Å²) in [6.07, 6.45) is 2.97. The van der Waals surface area contributed by atoms with Crippen LogP contribution in [0.4, 0.5) is 0 Å². The Hall–Kier alpha value is -1.59. The lowest BCUT2D eigenvalue weighted by molar-refractivity contribution is 0.171. The molecule has 4 nitrogen and oxygen atoms in total. The maximum Gasteiger partial charge on any atom is 0.161 e. The summed E-state index contributed by atoms with van der Waals surface area (Å²) in [4.78, 5) is 5.66. The summed E-state index contributed by atoms with van der Waals surface area (Å²) >= 11 is 1.77. The van der Waals surface area contributed by atoms with E-state index in [9.17, 15) is 0 Å². The van der Waals surface area contributed by atoms with Gasteiger partial charge < -0.3 is 14.8 Å². The first-order valence-electron chi connectivity index (χ1n) is 7.32. The number of nitrogens with one attached hydrogen (secondary N) is 1. The van der Waals surface area contributed by atoms with E-state index in [1.165, 1.54) is 15.4 Å². The highest BCUT2D eigenvalue weighted by Gasteiger charge is 2.14. The van der Waals surface area contributed by atoms with E-state index < -0.39 is 0 Å². The van der Waals surface area contributed by atoms with E-state index >= 15 is 0 Å². The largest absolute Gasteiger partial charge is 0.486 e. The number of hydrogen-bond donors (Lipinski definition) is 1. The van der Waals surface area contributed by atoms with Crippen LogP contribution >= 0.6 is 11.3 Å². The van der Waals surface area contributed by atoms with Crippen molar-refractivity contribution in [3.63, 3.8) is 0 Å². The van der Waals surface area contributed by atoms with Crippen molar-refractivity contribution in [1.82, 2.24) is 10.3 Å². The maximum absolute atomic E-state index is 5.63. The summed E-state index contributed by atoms with van der Waals surface area (Å²) < 4.78 is 11.2. The predicted molar refractivity (Wildman–Crippen MR) is 84.2 cm³/mol. The van der Waals surface area contributed by atoms with Gasteiger partial charge in [0, 0.05) is 23.7 Å². The van der Waals surface area contributed by atoms with Crippen LogP contribution in [0.1, 0.15) is 35.3 Å². The Kier molecular flexibility index (Phi) is 4.41. The zero-order valence-corrected chi connectivity index (χ0v) is 13.2. The van der Waals surface area contributed by atoms with Crippen molar-refractivity contribution in [2.24, 2.45) is 0 Å². The molecule has 1 unspecified atom stereocenters. The molecule has 112 valence electrons. The minimum atomic E-state index is 0.257. The van der Waals surface area contributed by atoms with E-state index in [0.717, 1.165) is 24.5 Å². The van der Waals surface area contributed by atoms with Gasteiger partial charge >= 0.3 is 0 Å². The smallest absolute Gasteiger partial charge is 0.161 e. The molecule has 1 aromatic carbocycles. The van der Waals surface area contributed by atoms with Gasteiger partial charge in [-0.15, -0.1) is 11.3 Å². The summed E-state index contributed by atoms with van der Waals surface area (Å²) in [6, 6.07) is 6.41. The number of fused-ring (bicyclic) bond motifs is 1. The SMILES string of the molecule is CCc1ncc(CNC(C)c2ccc3c(c2)OCCO3)s1. The lowest BCUT2D eigenvalue weighted by atomic mass is 10.1. The standard InChI is InChI=1S/C16H20N2O2S/c1-3-16-18-10-13(21-16)9-17-11(2)12-4-5-14-15(8-12)20-7-6-19-14/h4-5,8,10-11,17H,3,6-7,9H2,1-2H3. The average Bonchev–Trinajstić information content (AvgIpc) is 3.00. The number of ether oxygens (including phenoxy) is 2. The molecule has 0 spiro atoms. The van der Waals surface area contributed by atoms with Gasteiger partial charge in [-0.3, -0.25) is 0 Å². The van der Waals surface area contributed by atoms with Crippen LogP contribution < -0.4 is 14.8 Å². The molecule has 1 N–H and O–H groups in total. The highest BCUT2D eigenvalue weighted by Crippen LogP contribution is 2.32. The molecule has 21 heavy (non-hydrogen) atoms. The topological polar surface area (TPSA) is 43.4 Å². The fraction of sp³-hybridized carbons (Fsp3) is 0.438. The van der Waals surface area contributed by atoms with Crippen molar-refractivity contribution in [3.05, 3.63) is 39.8 Å². The molecule has 0 amide bonds. The highest BCUT2D eigenvalue weighted by atomic mass is 32.1. The van der Waals surface area contributed by atoms with Gasteiger partial charge in [-0.05, 0) is 31.0 Å². The first-order chi connectivity index (χ1) is 10.3. The van der Waals surface area contributed by atoms with Gasteiger partial charge in [0.05, 0.1) is 5.01 Å². The van der Waals surface area contributed by atoms with Crippen molar-refractivity contribution in [3.8, 4) is 11.5 Å². The van der Waals surface area contributed by atoms with E-state index in [0.29, 0.717) is 13.2 Å². The second kappa shape index (κ2) is 6.45. The fourth-order valence-electron chi connectivity index (χ4n) is 2.29. The Labute approximate surface area is 129 Å². The highest BCUT2D eigenvalue weighted by molar-refractivity contribution is 7.11. The Bertz CT molecular complexity index is 612. The molecule has 5 heteroatoms. The maximum atomic E-state index is 5.63. The van der Waals surface area contributed by atoms with E-state index in [4.69, 9.17) is 9.47 Å². The molecule has 0 radical (unpaired) electrons. The van der Waals surface area contributed by atoms with Crippen molar-refractivity contribution in [2.75, 3.05) is 13.2 Å². The van der Waals surface area contributed by atoms with Gasteiger partial charge in [-0.25, -0.2) is 4.98 Å². The first kappa shape index (κ1) is 14.4. The number of hydrogen-bond acceptors (Lipinski definition) is 5. The van der Waals surface area contributed by atoms with Crippen LogP contribution in [0.15, 0.2) is 24.4 Å². The lowest BCUT2D eigenvalue weighted by Gasteiger charge is -2.21. The predicted octanol–water partition coefficient (Wildman–Crippen LogP) is 3.33. The normalized spacial score (nSPS) is 15.0. The number of aryl methyl sites for hydroxylation is 1. The summed E-state index contributed by atoms with van der Waals surface area (Å²) in [6.45, 7) is 6.39. The molecule has 0 saturated heterocycles. The third kappa shape index (κ3) is 3.36. The van der Waals surface area contributed by atoms with Gasteiger partial charge in [-0.2, -0.15) is 0 Å².